The molecule has 2 amide bonds. The van der Waals surface area contributed by atoms with Gasteiger partial charge in [0, 0.05) is 16.9 Å². The van der Waals surface area contributed by atoms with E-state index in [0.29, 0.717) is 22.7 Å². The normalized spacial score (nSPS) is 10.1. The Bertz CT molecular complexity index is 1070. The molecule has 0 radical (unpaired) electrons. The Kier molecular flexibility index (Phi) is 8.41. The third-order valence-corrected chi connectivity index (χ3v) is 4.35. The van der Waals surface area contributed by atoms with Crippen molar-refractivity contribution in [2.75, 3.05) is 23.8 Å². The van der Waals surface area contributed by atoms with Crippen molar-refractivity contribution in [3.63, 3.8) is 0 Å². The molecule has 8 nitrogen and oxygen atoms in total. The lowest BCUT2D eigenvalue weighted by molar-refractivity contribution is -0.116. The van der Waals surface area contributed by atoms with Crippen LogP contribution in [0.5, 0.6) is 11.5 Å². The van der Waals surface area contributed by atoms with Crippen LogP contribution < -0.4 is 20.1 Å². The van der Waals surface area contributed by atoms with Crippen LogP contribution in [0.4, 0.5) is 16.2 Å². The van der Waals surface area contributed by atoms with Crippen LogP contribution in [0.1, 0.15) is 23.7 Å². The number of carbonyl (C=O) groups is 3. The van der Waals surface area contributed by atoms with Gasteiger partial charge in [-0.15, -0.1) is 0 Å². The molecule has 0 atom stereocenters. The van der Waals surface area contributed by atoms with E-state index in [0.717, 1.165) is 0 Å². The molecular weight excluding hydrogens is 424 g/mol. The average Bonchev–Trinajstić information content (AvgIpc) is 2.81. The van der Waals surface area contributed by atoms with Crippen molar-refractivity contribution in [1.82, 2.24) is 0 Å². The van der Waals surface area contributed by atoms with Crippen LogP contribution in [0, 0.1) is 0 Å². The minimum Gasteiger partial charge on any atom is -0.493 e. The van der Waals surface area contributed by atoms with Crippen LogP contribution >= 0.6 is 0 Å². The Balaban J connectivity index is 1.45. The number of para-hydroxylation sites is 1. The average molecular weight is 448 g/mol. The second-order valence-electron chi connectivity index (χ2n) is 6.80. The second-order valence-corrected chi connectivity index (χ2v) is 6.80. The number of rotatable bonds is 9. The van der Waals surface area contributed by atoms with E-state index in [1.165, 1.54) is 24.3 Å². The molecule has 3 rings (SSSR count). The molecule has 0 saturated heterocycles. The van der Waals surface area contributed by atoms with Gasteiger partial charge in [0.1, 0.15) is 11.5 Å². The molecule has 170 valence electrons. The summed E-state index contributed by atoms with van der Waals surface area (Å²) >= 11 is 0. The minimum atomic E-state index is -0.800. The number of hydrogen-bond donors (Lipinski definition) is 2. The predicted molar refractivity (Wildman–Crippen MR) is 124 cm³/mol. The number of carbonyl (C=O) groups excluding carboxylic acids is 3. The molecule has 0 fully saturated rings. The second kappa shape index (κ2) is 11.9. The fraction of sp³-hybridized carbons (Fsp3) is 0.160. The van der Waals surface area contributed by atoms with Crippen LogP contribution in [0.15, 0.2) is 78.9 Å². The topological polar surface area (TPSA) is 103 Å². The van der Waals surface area contributed by atoms with E-state index in [1.807, 2.05) is 30.3 Å². The fourth-order valence-electron chi connectivity index (χ4n) is 2.76. The van der Waals surface area contributed by atoms with Crippen molar-refractivity contribution in [1.29, 1.82) is 0 Å². The van der Waals surface area contributed by atoms with Gasteiger partial charge >= 0.3 is 6.16 Å². The summed E-state index contributed by atoms with van der Waals surface area (Å²) in [5.74, 6) is 0.492. The summed E-state index contributed by atoms with van der Waals surface area (Å²) in [5, 5.41) is 5.56. The highest BCUT2D eigenvalue weighted by Crippen LogP contribution is 2.17. The van der Waals surface area contributed by atoms with E-state index in [-0.39, 0.29) is 37.2 Å². The zero-order valence-electron chi connectivity index (χ0n) is 18.1. The third-order valence-electron chi connectivity index (χ3n) is 4.35. The molecule has 0 aliphatic heterocycles. The number of amides is 2. The monoisotopic (exact) mass is 448 g/mol. The van der Waals surface area contributed by atoms with Crippen molar-refractivity contribution in [2.24, 2.45) is 0 Å². The quantitative estimate of drug-likeness (QED) is 0.357. The van der Waals surface area contributed by atoms with Crippen LogP contribution in [0.25, 0.3) is 0 Å². The minimum absolute atomic E-state index is 0.173. The van der Waals surface area contributed by atoms with Crippen molar-refractivity contribution in [2.45, 2.75) is 13.3 Å². The molecule has 3 aromatic rings. The number of anilines is 2. The summed E-state index contributed by atoms with van der Waals surface area (Å²) < 4.78 is 15.2. The Hall–Kier alpha value is -4.33. The van der Waals surface area contributed by atoms with E-state index >= 15 is 0 Å². The molecule has 0 aliphatic rings. The first-order valence-corrected chi connectivity index (χ1v) is 10.4. The Morgan fingerprint density at radius 1 is 0.758 bits per heavy atom. The van der Waals surface area contributed by atoms with Crippen molar-refractivity contribution in [3.8, 4) is 11.5 Å². The van der Waals surface area contributed by atoms with E-state index in [9.17, 15) is 14.4 Å². The molecule has 0 spiro atoms. The van der Waals surface area contributed by atoms with Gasteiger partial charge in [0.05, 0.1) is 19.6 Å². The van der Waals surface area contributed by atoms with Gasteiger partial charge in [-0.3, -0.25) is 9.59 Å². The van der Waals surface area contributed by atoms with Crippen LogP contribution in [-0.2, 0) is 9.53 Å². The molecule has 2 N–H and O–H groups in total. The van der Waals surface area contributed by atoms with Crippen molar-refractivity contribution in [3.05, 3.63) is 84.4 Å². The molecule has 0 heterocycles. The molecule has 0 aliphatic carbocycles. The van der Waals surface area contributed by atoms with E-state index in [4.69, 9.17) is 14.2 Å². The first kappa shape index (κ1) is 23.3. The number of ether oxygens (including phenoxy) is 3. The van der Waals surface area contributed by atoms with Gasteiger partial charge in [0.15, 0.2) is 0 Å². The summed E-state index contributed by atoms with van der Waals surface area (Å²) in [7, 11) is 0. The van der Waals surface area contributed by atoms with Gasteiger partial charge in [0.2, 0.25) is 5.91 Å². The maximum atomic E-state index is 12.4. The van der Waals surface area contributed by atoms with Gasteiger partial charge in [-0.25, -0.2) is 4.79 Å². The Morgan fingerprint density at radius 2 is 1.39 bits per heavy atom. The van der Waals surface area contributed by atoms with Crippen LogP contribution in [0.3, 0.4) is 0 Å². The molecule has 0 bridgehead atoms. The summed E-state index contributed by atoms with van der Waals surface area (Å²) in [6.45, 7) is 2.16. The lowest BCUT2D eigenvalue weighted by atomic mass is 10.2. The summed E-state index contributed by atoms with van der Waals surface area (Å²) in [6.07, 6.45) is -0.589. The molecule has 0 saturated carbocycles. The third kappa shape index (κ3) is 7.70. The molecule has 33 heavy (non-hydrogen) atoms. The molecule has 3 aromatic carbocycles. The SMILES string of the molecule is CCOC(=O)Oc1ccc(C(=O)Nc2ccc(NC(=O)CCOc3ccccc3)cc2)cc1. The van der Waals surface area contributed by atoms with E-state index in [2.05, 4.69) is 10.6 Å². The first-order chi connectivity index (χ1) is 16.0. The zero-order chi connectivity index (χ0) is 23.5. The highest BCUT2D eigenvalue weighted by Gasteiger charge is 2.09. The maximum absolute atomic E-state index is 12.4. The molecule has 8 heteroatoms. The number of hydrogen-bond acceptors (Lipinski definition) is 6. The fourth-order valence-corrected chi connectivity index (χ4v) is 2.76. The lowest BCUT2D eigenvalue weighted by Crippen LogP contribution is -2.15. The van der Waals surface area contributed by atoms with Gasteiger partial charge in [-0.2, -0.15) is 0 Å². The summed E-state index contributed by atoms with van der Waals surface area (Å²) in [5.41, 5.74) is 1.57. The van der Waals surface area contributed by atoms with E-state index < -0.39 is 6.16 Å². The smallest absolute Gasteiger partial charge is 0.493 e. The van der Waals surface area contributed by atoms with Gasteiger partial charge in [-0.1, -0.05) is 18.2 Å². The van der Waals surface area contributed by atoms with Gasteiger partial charge < -0.3 is 24.8 Å². The molecule has 0 unspecified atom stereocenters. The highest BCUT2D eigenvalue weighted by atomic mass is 16.7. The zero-order valence-corrected chi connectivity index (χ0v) is 18.1. The predicted octanol–water partition coefficient (Wildman–Crippen LogP) is 4.88. The number of benzene rings is 3. The molecular formula is C25H24N2O6. The maximum Gasteiger partial charge on any atom is 0.513 e. The Labute approximate surface area is 191 Å². The standard InChI is InChI=1S/C25H24N2O6/c1-2-31-25(30)33-22-14-8-18(9-15-22)24(29)27-20-12-10-19(11-13-20)26-23(28)16-17-32-21-6-4-3-5-7-21/h3-15H,2,16-17H2,1H3,(H,26,28)(H,27,29). The molecule has 0 aromatic heterocycles. The van der Waals surface area contributed by atoms with Gasteiger partial charge in [-0.05, 0) is 67.6 Å². The highest BCUT2D eigenvalue weighted by molar-refractivity contribution is 6.04. The largest absolute Gasteiger partial charge is 0.513 e. The van der Waals surface area contributed by atoms with Gasteiger partial charge in [0.25, 0.3) is 5.91 Å². The van der Waals surface area contributed by atoms with Crippen molar-refractivity contribution >= 4 is 29.3 Å². The van der Waals surface area contributed by atoms with Crippen molar-refractivity contribution < 1.29 is 28.6 Å². The summed E-state index contributed by atoms with van der Waals surface area (Å²) in [6, 6.07) is 22.1. The van der Waals surface area contributed by atoms with Crippen LogP contribution in [0.2, 0.25) is 0 Å². The summed E-state index contributed by atoms with van der Waals surface area (Å²) in [4.78, 5) is 35.8. The first-order valence-electron chi connectivity index (χ1n) is 10.4. The number of nitrogens with one attached hydrogen (secondary N) is 2. The Morgan fingerprint density at radius 3 is 2.03 bits per heavy atom. The van der Waals surface area contributed by atoms with E-state index in [1.54, 1.807) is 31.2 Å². The lowest BCUT2D eigenvalue weighted by Gasteiger charge is -2.09. The van der Waals surface area contributed by atoms with Crippen LogP contribution in [-0.4, -0.2) is 31.2 Å².